The minimum absolute atomic E-state index is 0.319. The van der Waals surface area contributed by atoms with E-state index in [1.807, 2.05) is 30.3 Å². The van der Waals surface area contributed by atoms with Gasteiger partial charge in [0.15, 0.2) is 18.3 Å². The Balaban J connectivity index is 2.14. The van der Waals surface area contributed by atoms with E-state index in [2.05, 4.69) is 13.0 Å². The van der Waals surface area contributed by atoms with Crippen molar-refractivity contribution in [1.29, 1.82) is 5.26 Å². The van der Waals surface area contributed by atoms with Gasteiger partial charge in [-0.05, 0) is 53.6 Å². The summed E-state index contributed by atoms with van der Waals surface area (Å²) in [5.74, 6) is -2.68. The second-order valence-corrected chi connectivity index (χ2v) is 9.94. The van der Waals surface area contributed by atoms with E-state index >= 15 is 0 Å². The third kappa shape index (κ3) is 8.14. The molecule has 1 saturated heterocycles. The first kappa shape index (κ1) is 31.3. The molecule has 1 heterocycles. The largest absolute Gasteiger partial charge is 0.463 e. The number of hydrogen-bond acceptors (Lipinski definition) is 10. The van der Waals surface area contributed by atoms with E-state index < -0.39 is 54.4 Å². The van der Waals surface area contributed by atoms with Gasteiger partial charge in [-0.25, -0.2) is 0 Å². The lowest BCUT2D eigenvalue weighted by molar-refractivity contribution is -0.254. The quantitative estimate of drug-likeness (QED) is 0.326. The Morgan fingerprint density at radius 3 is 1.93 bits per heavy atom. The van der Waals surface area contributed by atoms with Crippen LogP contribution in [-0.4, -0.2) is 54.9 Å². The highest BCUT2D eigenvalue weighted by molar-refractivity contribution is 5.69. The molecule has 0 unspecified atom stereocenters. The van der Waals surface area contributed by atoms with Gasteiger partial charge in [0.25, 0.3) is 0 Å². The molecule has 0 amide bonds. The molecule has 1 aliphatic heterocycles. The molecule has 0 aromatic heterocycles. The first-order valence-corrected chi connectivity index (χ1v) is 13.3. The molecule has 2 aromatic rings. The average molecular weight is 566 g/mol. The number of nitriles is 1. The fraction of sp³-hybridized carbons (Fsp3) is 0.452. The number of rotatable bonds is 9. The average Bonchev–Trinajstić information content (AvgIpc) is 2.90. The normalized spacial score (nSPS) is 21.7. The summed E-state index contributed by atoms with van der Waals surface area (Å²) in [7, 11) is 0. The van der Waals surface area contributed by atoms with E-state index in [9.17, 15) is 24.4 Å². The van der Waals surface area contributed by atoms with E-state index in [4.69, 9.17) is 23.7 Å². The number of ether oxygens (including phenoxy) is 5. The topological polar surface area (TPSA) is 138 Å². The first-order chi connectivity index (χ1) is 19.4. The highest BCUT2D eigenvalue weighted by Gasteiger charge is 2.52. The van der Waals surface area contributed by atoms with Crippen LogP contribution in [0.1, 0.15) is 74.1 Å². The van der Waals surface area contributed by atoms with Gasteiger partial charge in [-0.3, -0.25) is 19.2 Å². The molecule has 10 nitrogen and oxygen atoms in total. The number of carbonyl (C=O) groups excluding carboxylic acids is 4. The van der Waals surface area contributed by atoms with E-state index in [1.165, 1.54) is 33.3 Å². The van der Waals surface area contributed by atoms with Gasteiger partial charge < -0.3 is 23.7 Å². The van der Waals surface area contributed by atoms with Crippen molar-refractivity contribution < 1.29 is 42.9 Å². The molecule has 10 heteroatoms. The van der Waals surface area contributed by atoms with Crippen LogP contribution in [0.25, 0.3) is 0 Å². The van der Waals surface area contributed by atoms with Crippen LogP contribution in [0, 0.1) is 18.3 Å². The lowest BCUT2D eigenvalue weighted by Gasteiger charge is -2.45. The van der Waals surface area contributed by atoms with Gasteiger partial charge in [-0.2, -0.15) is 5.26 Å². The molecule has 3 rings (SSSR count). The molecule has 0 aliphatic carbocycles. The molecule has 0 saturated carbocycles. The first-order valence-electron chi connectivity index (χ1n) is 13.3. The number of nitrogens with zero attached hydrogens (tertiary/aromatic N) is 1. The van der Waals surface area contributed by atoms with Crippen LogP contribution in [0.2, 0.25) is 0 Å². The third-order valence-electron chi connectivity index (χ3n) is 6.74. The highest BCUT2D eigenvalue weighted by atomic mass is 16.7. The summed E-state index contributed by atoms with van der Waals surface area (Å²) < 4.78 is 28.2. The van der Waals surface area contributed by atoms with Crippen LogP contribution in [0.3, 0.4) is 0 Å². The molecule has 1 fully saturated rings. The molecule has 0 bridgehead atoms. The predicted molar refractivity (Wildman–Crippen MR) is 145 cm³/mol. The summed E-state index contributed by atoms with van der Waals surface area (Å²) >= 11 is 0. The van der Waals surface area contributed by atoms with Gasteiger partial charge >= 0.3 is 23.9 Å². The number of hydrogen-bond donors (Lipinski definition) is 0. The van der Waals surface area contributed by atoms with E-state index in [-0.39, 0.29) is 6.61 Å². The van der Waals surface area contributed by atoms with Gasteiger partial charge in [0.2, 0.25) is 0 Å². The fourth-order valence-electron chi connectivity index (χ4n) is 4.92. The molecule has 0 N–H and O–H groups in total. The molecule has 41 heavy (non-hydrogen) atoms. The maximum absolute atomic E-state index is 12.3. The maximum Gasteiger partial charge on any atom is 0.303 e. The number of aryl methyl sites for hydroxylation is 2. The number of carbonyl (C=O) groups is 4. The molecular formula is C31H35NO9. The van der Waals surface area contributed by atoms with E-state index in [0.717, 1.165) is 12.0 Å². The van der Waals surface area contributed by atoms with Crippen molar-refractivity contribution in [3.63, 3.8) is 0 Å². The minimum Gasteiger partial charge on any atom is -0.463 e. The Labute approximate surface area is 239 Å². The van der Waals surface area contributed by atoms with Crippen LogP contribution < -0.4 is 0 Å². The molecule has 2 aromatic carbocycles. The number of benzene rings is 2. The van der Waals surface area contributed by atoms with Crippen molar-refractivity contribution in [2.75, 3.05) is 6.61 Å². The van der Waals surface area contributed by atoms with Crippen LogP contribution in [-0.2, 0) is 55.7 Å². The van der Waals surface area contributed by atoms with E-state index in [0.29, 0.717) is 28.7 Å². The zero-order chi connectivity index (χ0) is 30.3. The summed E-state index contributed by atoms with van der Waals surface area (Å²) in [5, 5.41) is 9.89. The molecule has 0 radical (unpaired) electrons. The Bertz CT molecular complexity index is 1330. The van der Waals surface area contributed by atoms with Crippen molar-refractivity contribution >= 4 is 23.9 Å². The molecule has 218 valence electrons. The van der Waals surface area contributed by atoms with Crippen LogP contribution >= 0.6 is 0 Å². The zero-order valence-electron chi connectivity index (χ0n) is 24.1. The fourth-order valence-corrected chi connectivity index (χ4v) is 4.92. The van der Waals surface area contributed by atoms with Crippen molar-refractivity contribution in [3.05, 3.63) is 69.8 Å². The second-order valence-electron chi connectivity index (χ2n) is 9.94. The third-order valence-corrected chi connectivity index (χ3v) is 6.74. The Morgan fingerprint density at radius 2 is 1.39 bits per heavy atom. The second kappa shape index (κ2) is 13.9. The van der Waals surface area contributed by atoms with Crippen molar-refractivity contribution in [3.8, 4) is 6.07 Å². The van der Waals surface area contributed by atoms with Crippen LogP contribution in [0.15, 0.2) is 36.4 Å². The monoisotopic (exact) mass is 565 g/mol. The molecule has 5 atom stereocenters. The Kier molecular flexibility index (Phi) is 10.6. The summed E-state index contributed by atoms with van der Waals surface area (Å²) in [6.07, 6.45) is -4.48. The maximum atomic E-state index is 12.3. The van der Waals surface area contributed by atoms with Crippen LogP contribution in [0.5, 0.6) is 0 Å². The van der Waals surface area contributed by atoms with Gasteiger partial charge in [-0.15, -0.1) is 0 Å². The summed E-state index contributed by atoms with van der Waals surface area (Å²) in [6, 6.07) is 13.9. The van der Waals surface area contributed by atoms with Gasteiger partial charge in [0.1, 0.15) is 18.8 Å². The Hall–Kier alpha value is -4.23. The minimum atomic E-state index is -1.28. The molecule has 0 spiro atoms. The van der Waals surface area contributed by atoms with E-state index in [1.54, 1.807) is 13.0 Å². The van der Waals surface area contributed by atoms with Crippen molar-refractivity contribution in [1.82, 2.24) is 0 Å². The smallest absolute Gasteiger partial charge is 0.303 e. The van der Waals surface area contributed by atoms with Crippen molar-refractivity contribution in [2.24, 2.45) is 0 Å². The Morgan fingerprint density at radius 1 is 0.829 bits per heavy atom. The van der Waals surface area contributed by atoms with Gasteiger partial charge in [0.05, 0.1) is 11.6 Å². The molecular weight excluding hydrogens is 530 g/mol. The summed E-state index contributed by atoms with van der Waals surface area (Å²) in [5.41, 5.74) is 4.60. The lowest BCUT2D eigenvalue weighted by Crippen LogP contribution is -2.59. The highest BCUT2D eigenvalue weighted by Crippen LogP contribution is 2.39. The lowest BCUT2D eigenvalue weighted by atomic mass is 9.86. The number of esters is 4. The van der Waals surface area contributed by atoms with Crippen molar-refractivity contribution in [2.45, 2.75) is 84.9 Å². The van der Waals surface area contributed by atoms with Gasteiger partial charge in [-0.1, -0.05) is 37.3 Å². The van der Waals surface area contributed by atoms with Crippen LogP contribution in [0.4, 0.5) is 0 Å². The standard InChI is InChI=1S/C31H35NO9/c1-7-22-8-10-23(11-9-22)13-24-14-26(17(2)12-25(24)15-32)28-30(39-20(5)35)31(40-21(6)36)29(38-19(4)34)27(41-28)16-37-18(3)33/h8-12,14,27-31H,7,13,16H2,1-6H3/t27-,28+,29-,30+,31+/m1/s1. The predicted octanol–water partition coefficient (Wildman–Crippen LogP) is 3.82. The van der Waals surface area contributed by atoms with Gasteiger partial charge in [0, 0.05) is 27.7 Å². The summed E-state index contributed by atoms with van der Waals surface area (Å²) in [6.45, 7) is 8.30. The molecule has 1 aliphatic rings. The summed E-state index contributed by atoms with van der Waals surface area (Å²) in [4.78, 5) is 48.1. The SMILES string of the molecule is CCc1ccc(Cc2cc([C@@H]3O[C@H](COC(C)=O)[C@@H](OC(C)=O)[C@H](OC(C)=O)[C@H]3OC(C)=O)c(C)cc2C#N)cc1. The zero-order valence-corrected chi connectivity index (χ0v) is 24.1.